The van der Waals surface area contributed by atoms with Gasteiger partial charge < -0.3 is 5.32 Å². The summed E-state index contributed by atoms with van der Waals surface area (Å²) >= 11 is 0. The molecule has 0 saturated heterocycles. The summed E-state index contributed by atoms with van der Waals surface area (Å²) in [5.41, 5.74) is 2.63. The number of rotatable bonds is 7. The Morgan fingerprint density at radius 1 is 1.35 bits per heavy atom. The topological polar surface area (TPSA) is 29.9 Å². The van der Waals surface area contributed by atoms with E-state index in [2.05, 4.69) is 49.7 Å². The summed E-state index contributed by atoms with van der Waals surface area (Å²) < 4.78 is 2.15. The normalized spacial score (nSPS) is 13.3. The summed E-state index contributed by atoms with van der Waals surface area (Å²) in [6.45, 7) is 13.0. The average Bonchev–Trinajstić information content (AvgIpc) is 2.58. The highest BCUT2D eigenvalue weighted by molar-refractivity contribution is 5.15. The van der Waals surface area contributed by atoms with Crippen molar-refractivity contribution in [1.82, 2.24) is 15.1 Å². The van der Waals surface area contributed by atoms with Crippen LogP contribution in [0.25, 0.3) is 0 Å². The monoisotopic (exact) mass is 237 g/mol. The van der Waals surface area contributed by atoms with Crippen LogP contribution in [0.4, 0.5) is 0 Å². The van der Waals surface area contributed by atoms with Crippen LogP contribution in [0.2, 0.25) is 0 Å². The Hall–Kier alpha value is -0.830. The third-order valence-electron chi connectivity index (χ3n) is 3.17. The van der Waals surface area contributed by atoms with Crippen LogP contribution in [0, 0.1) is 12.8 Å². The van der Waals surface area contributed by atoms with E-state index in [0.717, 1.165) is 13.1 Å². The zero-order valence-electron chi connectivity index (χ0n) is 12.0. The van der Waals surface area contributed by atoms with Gasteiger partial charge in [-0.1, -0.05) is 34.1 Å². The minimum absolute atomic E-state index is 0.525. The summed E-state index contributed by atoms with van der Waals surface area (Å²) in [4.78, 5) is 0. The largest absolute Gasteiger partial charge is 0.310 e. The maximum atomic E-state index is 4.49. The smallest absolute Gasteiger partial charge is 0.0537 e. The second-order valence-electron chi connectivity index (χ2n) is 5.37. The number of nitrogens with one attached hydrogen (secondary N) is 1. The molecule has 0 spiro atoms. The van der Waals surface area contributed by atoms with E-state index in [9.17, 15) is 0 Å². The van der Waals surface area contributed by atoms with Crippen LogP contribution in [0.5, 0.6) is 0 Å². The van der Waals surface area contributed by atoms with Crippen LogP contribution in [0.1, 0.15) is 51.8 Å². The van der Waals surface area contributed by atoms with Crippen molar-refractivity contribution in [2.24, 2.45) is 5.92 Å². The summed E-state index contributed by atoms with van der Waals surface area (Å²) in [5.74, 6) is 0.713. The van der Waals surface area contributed by atoms with Crippen LogP contribution in [-0.4, -0.2) is 15.8 Å². The van der Waals surface area contributed by atoms with E-state index in [0.29, 0.717) is 12.0 Å². The minimum Gasteiger partial charge on any atom is -0.310 e. The molecule has 1 rings (SSSR count). The molecule has 1 unspecified atom stereocenters. The maximum absolute atomic E-state index is 4.49. The van der Waals surface area contributed by atoms with Crippen LogP contribution in [-0.2, 0) is 13.1 Å². The molecule has 1 N–H and O–H groups in total. The summed E-state index contributed by atoms with van der Waals surface area (Å²) in [7, 11) is 0. The van der Waals surface area contributed by atoms with E-state index in [1.807, 2.05) is 6.20 Å². The molecule has 17 heavy (non-hydrogen) atoms. The fourth-order valence-electron chi connectivity index (χ4n) is 2.04. The molecule has 0 radical (unpaired) electrons. The van der Waals surface area contributed by atoms with Crippen LogP contribution in [0.3, 0.4) is 0 Å². The molecule has 1 aromatic rings. The van der Waals surface area contributed by atoms with Crippen LogP contribution in [0.15, 0.2) is 6.20 Å². The summed E-state index contributed by atoms with van der Waals surface area (Å²) in [6, 6.07) is 0.525. The molecule has 0 bridgehead atoms. The third-order valence-corrected chi connectivity index (χ3v) is 3.17. The molecule has 98 valence electrons. The molecule has 1 atom stereocenters. The quantitative estimate of drug-likeness (QED) is 0.789. The Kier molecular flexibility index (Phi) is 5.69. The molecule has 0 saturated carbocycles. The van der Waals surface area contributed by atoms with Crippen molar-refractivity contribution in [3.63, 3.8) is 0 Å². The van der Waals surface area contributed by atoms with Crippen molar-refractivity contribution in [1.29, 1.82) is 0 Å². The van der Waals surface area contributed by atoms with Gasteiger partial charge in [-0.15, -0.1) is 0 Å². The van der Waals surface area contributed by atoms with E-state index in [1.165, 1.54) is 24.1 Å². The second kappa shape index (κ2) is 6.80. The minimum atomic E-state index is 0.525. The maximum Gasteiger partial charge on any atom is 0.0537 e. The van der Waals surface area contributed by atoms with E-state index < -0.39 is 0 Å². The van der Waals surface area contributed by atoms with Gasteiger partial charge in [0.2, 0.25) is 0 Å². The molecule has 1 heterocycles. The molecule has 0 amide bonds. The van der Waals surface area contributed by atoms with Crippen molar-refractivity contribution in [3.8, 4) is 0 Å². The molecule has 0 aliphatic carbocycles. The van der Waals surface area contributed by atoms with Crippen molar-refractivity contribution in [3.05, 3.63) is 17.5 Å². The lowest BCUT2D eigenvalue weighted by Crippen LogP contribution is -2.22. The lowest BCUT2D eigenvalue weighted by Gasteiger charge is -2.12. The Morgan fingerprint density at radius 2 is 2.06 bits per heavy atom. The van der Waals surface area contributed by atoms with Gasteiger partial charge in [0.25, 0.3) is 0 Å². The fraction of sp³-hybridized carbons (Fsp3) is 0.786. The van der Waals surface area contributed by atoms with Crippen LogP contribution < -0.4 is 5.32 Å². The zero-order chi connectivity index (χ0) is 12.8. The first-order valence-electron chi connectivity index (χ1n) is 6.79. The Bertz CT molecular complexity index is 328. The Morgan fingerprint density at radius 3 is 2.65 bits per heavy atom. The van der Waals surface area contributed by atoms with Crippen molar-refractivity contribution >= 4 is 0 Å². The van der Waals surface area contributed by atoms with Gasteiger partial charge >= 0.3 is 0 Å². The lowest BCUT2D eigenvalue weighted by molar-refractivity contribution is 0.414. The highest BCUT2D eigenvalue weighted by Crippen LogP contribution is 2.12. The van der Waals surface area contributed by atoms with Gasteiger partial charge in [0.05, 0.1) is 6.20 Å². The molecule has 0 aliphatic heterocycles. The highest BCUT2D eigenvalue weighted by Gasteiger charge is 2.09. The molecule has 0 fully saturated rings. The first-order chi connectivity index (χ1) is 8.04. The number of hydrogen-bond donors (Lipinski definition) is 1. The van der Waals surface area contributed by atoms with E-state index in [4.69, 9.17) is 0 Å². The lowest BCUT2D eigenvalue weighted by atomic mass is 10.1. The zero-order valence-corrected chi connectivity index (χ0v) is 12.0. The molecular formula is C14H27N3. The van der Waals surface area contributed by atoms with E-state index in [-0.39, 0.29) is 0 Å². The van der Waals surface area contributed by atoms with Gasteiger partial charge in [-0.25, -0.2) is 0 Å². The molecule has 0 aromatic carbocycles. The Labute approximate surface area is 106 Å². The molecule has 1 aromatic heterocycles. The summed E-state index contributed by atoms with van der Waals surface area (Å²) in [5, 5.41) is 7.93. The fourth-order valence-corrected chi connectivity index (χ4v) is 2.04. The molecule has 3 heteroatoms. The van der Waals surface area contributed by atoms with Gasteiger partial charge in [-0.2, -0.15) is 5.10 Å². The SMILES string of the molecule is CCCC(C)Cn1ncc(CNC(C)C)c1C. The van der Waals surface area contributed by atoms with Crippen LogP contribution >= 0.6 is 0 Å². The van der Waals surface area contributed by atoms with Crippen molar-refractivity contribution in [2.45, 2.75) is 66.6 Å². The van der Waals surface area contributed by atoms with Gasteiger partial charge in [0, 0.05) is 30.4 Å². The number of aromatic nitrogens is 2. The average molecular weight is 237 g/mol. The second-order valence-corrected chi connectivity index (χ2v) is 5.37. The molecule has 3 nitrogen and oxygen atoms in total. The first kappa shape index (κ1) is 14.2. The summed E-state index contributed by atoms with van der Waals surface area (Å²) in [6.07, 6.45) is 4.53. The predicted octanol–water partition coefficient (Wildman–Crippen LogP) is 3.13. The first-order valence-corrected chi connectivity index (χ1v) is 6.79. The van der Waals surface area contributed by atoms with Gasteiger partial charge in [-0.3, -0.25) is 4.68 Å². The van der Waals surface area contributed by atoms with Gasteiger partial charge in [0.15, 0.2) is 0 Å². The third kappa shape index (κ3) is 4.50. The van der Waals surface area contributed by atoms with Crippen molar-refractivity contribution in [2.75, 3.05) is 0 Å². The molecule has 0 aliphatic rings. The highest BCUT2D eigenvalue weighted by atomic mass is 15.3. The predicted molar refractivity (Wildman–Crippen MR) is 73.0 cm³/mol. The van der Waals surface area contributed by atoms with Crippen molar-refractivity contribution < 1.29 is 0 Å². The standard InChI is InChI=1S/C14H27N3/c1-6-7-12(4)10-17-13(5)14(9-16-17)8-15-11(2)3/h9,11-12,15H,6-8,10H2,1-5H3. The number of nitrogens with zero attached hydrogens (tertiary/aromatic N) is 2. The molecular weight excluding hydrogens is 210 g/mol. The Balaban J connectivity index is 2.57. The van der Waals surface area contributed by atoms with Gasteiger partial charge in [-0.05, 0) is 19.3 Å². The number of hydrogen-bond acceptors (Lipinski definition) is 2. The van der Waals surface area contributed by atoms with E-state index in [1.54, 1.807) is 0 Å². The van der Waals surface area contributed by atoms with Gasteiger partial charge in [0.1, 0.15) is 0 Å². The van der Waals surface area contributed by atoms with E-state index >= 15 is 0 Å².